The highest BCUT2D eigenvalue weighted by molar-refractivity contribution is 6.31. The van der Waals surface area contributed by atoms with Gasteiger partial charge in [-0.05, 0) is 43.2 Å². The maximum Gasteiger partial charge on any atom is 0.142 e. The normalized spacial score (nSPS) is 12.5. The van der Waals surface area contributed by atoms with Crippen molar-refractivity contribution in [1.82, 2.24) is 0 Å². The maximum atomic E-state index is 13.5. The average molecular weight is 294 g/mol. The Labute approximate surface area is 123 Å². The van der Waals surface area contributed by atoms with Gasteiger partial charge in [0, 0.05) is 0 Å². The minimum absolute atomic E-state index is 0.0650. The molecular formula is C16H17ClFNO. The smallest absolute Gasteiger partial charge is 0.142 e. The summed E-state index contributed by atoms with van der Waals surface area (Å²) in [7, 11) is 0. The first-order valence-corrected chi connectivity index (χ1v) is 6.83. The van der Waals surface area contributed by atoms with Crippen LogP contribution in [0.25, 0.3) is 0 Å². The Bertz CT molecular complexity index is 601. The van der Waals surface area contributed by atoms with Crippen molar-refractivity contribution < 1.29 is 9.13 Å². The minimum atomic E-state index is -0.492. The van der Waals surface area contributed by atoms with E-state index in [9.17, 15) is 4.39 Å². The van der Waals surface area contributed by atoms with Gasteiger partial charge in [0.2, 0.25) is 0 Å². The van der Waals surface area contributed by atoms with Gasteiger partial charge in [0.25, 0.3) is 0 Å². The fourth-order valence-corrected chi connectivity index (χ4v) is 2.24. The number of nitrogens with two attached hydrogens (primary N) is 1. The van der Waals surface area contributed by atoms with Crippen LogP contribution in [0.4, 0.5) is 4.39 Å². The highest BCUT2D eigenvalue weighted by Gasteiger charge is 2.15. The molecular weight excluding hydrogens is 277 g/mol. The van der Waals surface area contributed by atoms with Crippen LogP contribution in [0.1, 0.15) is 31.0 Å². The van der Waals surface area contributed by atoms with Gasteiger partial charge in [-0.2, -0.15) is 0 Å². The van der Waals surface area contributed by atoms with Crippen LogP contribution in [0.3, 0.4) is 0 Å². The van der Waals surface area contributed by atoms with Crippen molar-refractivity contribution in [2.45, 2.75) is 26.0 Å². The molecule has 0 bridgehead atoms. The Hall–Kier alpha value is -1.58. The molecule has 0 saturated carbocycles. The Kier molecular flexibility index (Phi) is 4.63. The van der Waals surface area contributed by atoms with E-state index < -0.39 is 11.9 Å². The van der Waals surface area contributed by atoms with Gasteiger partial charge in [-0.25, -0.2) is 4.39 Å². The summed E-state index contributed by atoms with van der Waals surface area (Å²) in [6, 6.07) is 11.6. The van der Waals surface area contributed by atoms with Crippen LogP contribution in [-0.4, -0.2) is 6.10 Å². The Morgan fingerprint density at radius 2 is 1.85 bits per heavy atom. The van der Waals surface area contributed by atoms with Crippen molar-refractivity contribution in [3.05, 3.63) is 64.4 Å². The molecule has 0 aliphatic rings. The van der Waals surface area contributed by atoms with Gasteiger partial charge < -0.3 is 10.5 Å². The van der Waals surface area contributed by atoms with Crippen molar-refractivity contribution in [1.29, 1.82) is 0 Å². The summed E-state index contributed by atoms with van der Waals surface area (Å²) >= 11 is 5.98. The first-order valence-electron chi connectivity index (χ1n) is 6.45. The van der Waals surface area contributed by atoms with Gasteiger partial charge in [-0.3, -0.25) is 0 Å². The van der Waals surface area contributed by atoms with E-state index in [1.54, 1.807) is 12.1 Å². The number of hydrogen-bond acceptors (Lipinski definition) is 2. The Morgan fingerprint density at radius 3 is 2.55 bits per heavy atom. The molecule has 0 fully saturated rings. The lowest BCUT2D eigenvalue weighted by molar-refractivity contribution is 0.242. The molecule has 106 valence electrons. The molecule has 0 aliphatic carbocycles. The average Bonchev–Trinajstić information content (AvgIpc) is 2.41. The van der Waals surface area contributed by atoms with E-state index in [0.717, 1.165) is 11.3 Å². The van der Waals surface area contributed by atoms with Gasteiger partial charge >= 0.3 is 0 Å². The van der Waals surface area contributed by atoms with Crippen LogP contribution in [0.5, 0.6) is 5.75 Å². The molecule has 2 rings (SSSR count). The molecule has 0 aromatic heterocycles. The predicted molar refractivity (Wildman–Crippen MR) is 79.6 cm³/mol. The monoisotopic (exact) mass is 293 g/mol. The molecule has 0 saturated heterocycles. The first-order chi connectivity index (χ1) is 9.49. The zero-order valence-corrected chi connectivity index (χ0v) is 12.2. The van der Waals surface area contributed by atoms with E-state index >= 15 is 0 Å². The van der Waals surface area contributed by atoms with E-state index in [1.807, 2.05) is 38.1 Å². The molecule has 2 aromatic carbocycles. The van der Waals surface area contributed by atoms with Gasteiger partial charge in [0.15, 0.2) is 0 Å². The van der Waals surface area contributed by atoms with Crippen molar-refractivity contribution in [2.75, 3.05) is 0 Å². The maximum absolute atomic E-state index is 13.5. The van der Waals surface area contributed by atoms with Crippen LogP contribution < -0.4 is 10.5 Å². The van der Waals surface area contributed by atoms with Gasteiger partial charge in [0.1, 0.15) is 11.6 Å². The van der Waals surface area contributed by atoms with Gasteiger partial charge in [-0.15, -0.1) is 0 Å². The summed E-state index contributed by atoms with van der Waals surface area (Å²) in [6.07, 6.45) is 0.0826. The number of halogens is 2. The molecule has 4 heteroatoms. The predicted octanol–water partition coefficient (Wildman–Crippen LogP) is 4.31. The second-order valence-corrected chi connectivity index (χ2v) is 5.24. The highest BCUT2D eigenvalue weighted by Crippen LogP contribution is 2.30. The third-order valence-corrected chi connectivity index (χ3v) is 3.30. The lowest BCUT2D eigenvalue weighted by Crippen LogP contribution is -2.13. The van der Waals surface area contributed by atoms with E-state index in [1.165, 1.54) is 6.07 Å². The molecule has 1 unspecified atom stereocenters. The van der Waals surface area contributed by atoms with Crippen molar-refractivity contribution >= 4 is 11.6 Å². The van der Waals surface area contributed by atoms with E-state index in [-0.39, 0.29) is 11.1 Å². The summed E-state index contributed by atoms with van der Waals surface area (Å²) < 4.78 is 19.1. The van der Waals surface area contributed by atoms with Gasteiger partial charge in [-0.1, -0.05) is 35.9 Å². The fraction of sp³-hybridized carbons (Fsp3) is 0.250. The first kappa shape index (κ1) is 14.8. The molecule has 2 nitrogen and oxygen atoms in total. The molecule has 0 amide bonds. The lowest BCUT2D eigenvalue weighted by Gasteiger charge is -2.16. The Morgan fingerprint density at radius 1 is 1.15 bits per heavy atom. The molecule has 20 heavy (non-hydrogen) atoms. The van der Waals surface area contributed by atoms with Crippen LogP contribution in [0, 0.1) is 5.82 Å². The highest BCUT2D eigenvalue weighted by atomic mass is 35.5. The van der Waals surface area contributed by atoms with E-state index in [2.05, 4.69) is 0 Å². The summed E-state index contributed by atoms with van der Waals surface area (Å²) in [5, 5.41) is 0.0650. The molecule has 0 radical (unpaired) electrons. The zero-order chi connectivity index (χ0) is 14.7. The summed E-state index contributed by atoms with van der Waals surface area (Å²) in [6.45, 7) is 3.91. The minimum Gasteiger partial charge on any atom is -0.491 e. The molecule has 2 N–H and O–H groups in total. The summed E-state index contributed by atoms with van der Waals surface area (Å²) in [5.74, 6) is 0.273. The number of benzene rings is 2. The number of hydrogen-bond donors (Lipinski definition) is 1. The molecule has 2 aromatic rings. The van der Waals surface area contributed by atoms with E-state index in [0.29, 0.717) is 5.56 Å². The standard InChI is InChI=1S/C16H17ClFNO/c1-10(2)20-12-6-3-5-11(9-12)16(19)13-7-4-8-14(18)15(13)17/h3-10,16H,19H2,1-2H3. The van der Waals surface area contributed by atoms with Crippen LogP contribution in [0.15, 0.2) is 42.5 Å². The van der Waals surface area contributed by atoms with Crippen LogP contribution >= 0.6 is 11.6 Å². The molecule has 0 heterocycles. The second-order valence-electron chi connectivity index (χ2n) is 4.86. The van der Waals surface area contributed by atoms with Crippen molar-refractivity contribution in [2.24, 2.45) is 5.73 Å². The van der Waals surface area contributed by atoms with Gasteiger partial charge in [0.05, 0.1) is 17.2 Å². The van der Waals surface area contributed by atoms with Crippen LogP contribution in [0.2, 0.25) is 5.02 Å². The molecule has 0 aliphatic heterocycles. The zero-order valence-electron chi connectivity index (χ0n) is 11.4. The number of rotatable bonds is 4. The molecule has 1 atom stereocenters. The fourth-order valence-electron chi connectivity index (χ4n) is 1.99. The lowest BCUT2D eigenvalue weighted by atomic mass is 9.99. The topological polar surface area (TPSA) is 35.2 Å². The third-order valence-electron chi connectivity index (χ3n) is 2.91. The summed E-state index contributed by atoms with van der Waals surface area (Å²) in [5.41, 5.74) is 7.57. The second kappa shape index (κ2) is 6.25. The van der Waals surface area contributed by atoms with E-state index in [4.69, 9.17) is 22.1 Å². The van der Waals surface area contributed by atoms with Crippen LogP contribution in [-0.2, 0) is 0 Å². The Balaban J connectivity index is 2.33. The third kappa shape index (κ3) is 3.30. The van der Waals surface area contributed by atoms with Crippen molar-refractivity contribution in [3.63, 3.8) is 0 Å². The SMILES string of the molecule is CC(C)Oc1cccc(C(N)c2cccc(F)c2Cl)c1. The van der Waals surface area contributed by atoms with Crippen molar-refractivity contribution in [3.8, 4) is 5.75 Å². The number of ether oxygens (including phenoxy) is 1. The quantitative estimate of drug-likeness (QED) is 0.911. The summed E-state index contributed by atoms with van der Waals surface area (Å²) in [4.78, 5) is 0. The molecule has 0 spiro atoms. The largest absolute Gasteiger partial charge is 0.491 e.